The summed E-state index contributed by atoms with van der Waals surface area (Å²) in [7, 11) is 0. The summed E-state index contributed by atoms with van der Waals surface area (Å²) >= 11 is 0. The van der Waals surface area contributed by atoms with Crippen LogP contribution in [-0.2, 0) is 19.3 Å². The first kappa shape index (κ1) is 22.8. The van der Waals surface area contributed by atoms with E-state index in [9.17, 15) is 0 Å². The van der Waals surface area contributed by atoms with Gasteiger partial charge in [-0.2, -0.15) is 0 Å². The third-order valence-corrected chi connectivity index (χ3v) is 7.63. The predicted octanol–water partition coefficient (Wildman–Crippen LogP) is 8.82. The van der Waals surface area contributed by atoms with Crippen LogP contribution in [0.1, 0.15) is 72.4 Å². The third kappa shape index (κ3) is 5.91. The number of hydrogen-bond donors (Lipinski definition) is 0. The van der Waals surface area contributed by atoms with Crippen molar-refractivity contribution in [2.75, 3.05) is 0 Å². The van der Waals surface area contributed by atoms with Crippen LogP contribution in [0, 0.1) is 32.6 Å². The second-order valence-electron chi connectivity index (χ2n) is 10.5. The molecule has 0 N–H and O–H groups in total. The lowest BCUT2D eigenvalue weighted by Gasteiger charge is -2.26. The van der Waals surface area contributed by atoms with Crippen LogP contribution < -0.4 is 0 Å². The van der Waals surface area contributed by atoms with Gasteiger partial charge in [-0.3, -0.25) is 0 Å². The zero-order chi connectivity index (χ0) is 22.5. The first-order valence-electron chi connectivity index (χ1n) is 12.7. The highest BCUT2D eigenvalue weighted by molar-refractivity contribution is 5.71. The van der Waals surface area contributed by atoms with Crippen LogP contribution in [0.4, 0.5) is 0 Å². The minimum Gasteiger partial charge on any atom is -0.0625 e. The van der Waals surface area contributed by atoms with Gasteiger partial charge in [0.25, 0.3) is 0 Å². The minimum atomic E-state index is 0.943. The Morgan fingerprint density at radius 1 is 0.625 bits per heavy atom. The Bertz CT molecular complexity index is 976. The maximum Gasteiger partial charge on any atom is -0.0125 e. The highest BCUT2D eigenvalue weighted by Gasteiger charge is 2.18. The molecule has 168 valence electrons. The van der Waals surface area contributed by atoms with Crippen molar-refractivity contribution in [2.24, 2.45) is 11.8 Å². The summed E-state index contributed by atoms with van der Waals surface area (Å²) in [6, 6.07) is 23.1. The molecule has 0 bridgehead atoms. The van der Waals surface area contributed by atoms with E-state index in [2.05, 4.69) is 88.4 Å². The van der Waals surface area contributed by atoms with E-state index in [1.165, 1.54) is 83.0 Å². The Balaban J connectivity index is 1.38. The fourth-order valence-corrected chi connectivity index (χ4v) is 5.52. The predicted molar refractivity (Wildman–Crippen MR) is 139 cm³/mol. The molecule has 1 saturated carbocycles. The average molecular weight is 425 g/mol. The molecule has 1 aliphatic rings. The normalized spacial score (nSPS) is 18.6. The Labute approximate surface area is 196 Å². The summed E-state index contributed by atoms with van der Waals surface area (Å²) in [5.41, 5.74) is 11.3. The zero-order valence-corrected chi connectivity index (χ0v) is 20.6. The number of aryl methyl sites for hydroxylation is 6. The molecular weight excluding hydrogens is 384 g/mol. The smallest absolute Gasteiger partial charge is 0.0125 e. The maximum absolute atomic E-state index is 2.44. The fraction of sp³-hybridized carbons (Fsp3) is 0.438. The standard InChI is InChI=1S/C32H40/c1-23-5-9-27(10-6-23)13-14-29-17-19-31(20-18-29)32-25(3)21-30(22-26(32)4)16-15-28-11-7-24(2)8-12-28/h5-6,9-10,17-22,24,28H,7-8,11-16H2,1-4H3. The van der Waals surface area contributed by atoms with Crippen molar-refractivity contribution in [1.29, 1.82) is 0 Å². The Morgan fingerprint density at radius 2 is 1.16 bits per heavy atom. The molecule has 0 heterocycles. The second kappa shape index (κ2) is 10.5. The van der Waals surface area contributed by atoms with Crippen molar-refractivity contribution < 1.29 is 0 Å². The molecule has 0 radical (unpaired) electrons. The first-order valence-corrected chi connectivity index (χ1v) is 12.7. The third-order valence-electron chi connectivity index (χ3n) is 7.63. The Kier molecular flexibility index (Phi) is 7.51. The van der Waals surface area contributed by atoms with Crippen LogP contribution in [0.5, 0.6) is 0 Å². The van der Waals surface area contributed by atoms with Crippen molar-refractivity contribution in [3.63, 3.8) is 0 Å². The van der Waals surface area contributed by atoms with Gasteiger partial charge in [-0.15, -0.1) is 0 Å². The van der Waals surface area contributed by atoms with E-state index in [1.807, 2.05) is 0 Å². The summed E-state index contributed by atoms with van der Waals surface area (Å²) in [5.74, 6) is 1.89. The van der Waals surface area contributed by atoms with Crippen LogP contribution >= 0.6 is 0 Å². The molecule has 0 nitrogen and oxygen atoms in total. The summed E-state index contributed by atoms with van der Waals surface area (Å²) in [6.07, 6.45) is 10.5. The SMILES string of the molecule is Cc1ccc(CCc2ccc(-c3c(C)cc(CCC4CCC(C)CC4)cc3C)cc2)cc1. The molecule has 0 aromatic heterocycles. The molecule has 0 saturated heterocycles. The lowest BCUT2D eigenvalue weighted by atomic mass is 9.80. The van der Waals surface area contributed by atoms with Gasteiger partial charge in [0.2, 0.25) is 0 Å². The molecular formula is C32H40. The van der Waals surface area contributed by atoms with E-state index in [1.54, 1.807) is 0 Å². The second-order valence-corrected chi connectivity index (χ2v) is 10.5. The summed E-state index contributed by atoms with van der Waals surface area (Å²) in [5, 5.41) is 0. The Morgan fingerprint density at radius 3 is 1.72 bits per heavy atom. The van der Waals surface area contributed by atoms with Gasteiger partial charge >= 0.3 is 0 Å². The molecule has 3 aromatic rings. The molecule has 0 unspecified atom stereocenters. The number of hydrogen-bond acceptors (Lipinski definition) is 0. The molecule has 3 aromatic carbocycles. The van der Waals surface area contributed by atoms with E-state index >= 15 is 0 Å². The lowest BCUT2D eigenvalue weighted by molar-refractivity contribution is 0.278. The fourth-order valence-electron chi connectivity index (χ4n) is 5.52. The zero-order valence-electron chi connectivity index (χ0n) is 20.6. The van der Waals surface area contributed by atoms with Crippen LogP contribution in [-0.4, -0.2) is 0 Å². The monoisotopic (exact) mass is 424 g/mol. The van der Waals surface area contributed by atoms with Gasteiger partial charge < -0.3 is 0 Å². The van der Waals surface area contributed by atoms with Gasteiger partial charge in [-0.1, -0.05) is 98.8 Å². The van der Waals surface area contributed by atoms with E-state index in [-0.39, 0.29) is 0 Å². The highest BCUT2D eigenvalue weighted by atomic mass is 14.2. The Hall–Kier alpha value is -2.34. The van der Waals surface area contributed by atoms with E-state index in [0.717, 1.165) is 24.7 Å². The van der Waals surface area contributed by atoms with Gasteiger partial charge in [-0.05, 0) is 97.2 Å². The molecule has 1 fully saturated rings. The van der Waals surface area contributed by atoms with E-state index in [0.29, 0.717) is 0 Å². The average Bonchev–Trinajstić information content (AvgIpc) is 2.79. The van der Waals surface area contributed by atoms with Crippen LogP contribution in [0.15, 0.2) is 60.7 Å². The van der Waals surface area contributed by atoms with Gasteiger partial charge in [0.05, 0.1) is 0 Å². The first-order chi connectivity index (χ1) is 15.5. The lowest BCUT2D eigenvalue weighted by Crippen LogP contribution is -2.13. The molecule has 0 amide bonds. The number of benzene rings is 3. The van der Waals surface area contributed by atoms with Gasteiger partial charge in [0.15, 0.2) is 0 Å². The highest BCUT2D eigenvalue weighted by Crippen LogP contribution is 2.33. The van der Waals surface area contributed by atoms with E-state index < -0.39 is 0 Å². The summed E-state index contributed by atoms with van der Waals surface area (Å²) in [4.78, 5) is 0. The largest absolute Gasteiger partial charge is 0.0625 e. The summed E-state index contributed by atoms with van der Waals surface area (Å²) in [6.45, 7) is 9.15. The van der Waals surface area contributed by atoms with Crippen LogP contribution in [0.3, 0.4) is 0 Å². The van der Waals surface area contributed by atoms with Crippen molar-refractivity contribution in [3.05, 3.63) is 94.0 Å². The van der Waals surface area contributed by atoms with Crippen LogP contribution in [0.2, 0.25) is 0 Å². The molecule has 0 spiro atoms. The van der Waals surface area contributed by atoms with Crippen LogP contribution in [0.25, 0.3) is 11.1 Å². The van der Waals surface area contributed by atoms with Crippen molar-refractivity contribution in [2.45, 2.75) is 79.1 Å². The van der Waals surface area contributed by atoms with Gasteiger partial charge in [-0.25, -0.2) is 0 Å². The molecule has 4 rings (SSSR count). The topological polar surface area (TPSA) is 0 Å². The summed E-state index contributed by atoms with van der Waals surface area (Å²) < 4.78 is 0. The maximum atomic E-state index is 2.44. The molecule has 32 heavy (non-hydrogen) atoms. The van der Waals surface area contributed by atoms with Crippen molar-refractivity contribution in [3.8, 4) is 11.1 Å². The van der Waals surface area contributed by atoms with E-state index in [4.69, 9.17) is 0 Å². The number of rotatable bonds is 7. The van der Waals surface area contributed by atoms with Gasteiger partial charge in [0.1, 0.15) is 0 Å². The molecule has 0 aliphatic heterocycles. The quantitative estimate of drug-likeness (QED) is 0.355. The minimum absolute atomic E-state index is 0.943. The van der Waals surface area contributed by atoms with Gasteiger partial charge in [0, 0.05) is 0 Å². The molecule has 1 aliphatic carbocycles. The van der Waals surface area contributed by atoms with Crippen molar-refractivity contribution >= 4 is 0 Å². The molecule has 0 heteroatoms. The van der Waals surface area contributed by atoms with Crippen molar-refractivity contribution in [1.82, 2.24) is 0 Å². The molecule has 0 atom stereocenters.